The molecule has 0 unspecified atom stereocenters. The quantitative estimate of drug-likeness (QED) is 0.618. The van der Waals surface area contributed by atoms with E-state index in [-0.39, 0.29) is 11.9 Å². The number of rotatable bonds is 7. The van der Waals surface area contributed by atoms with Crippen molar-refractivity contribution in [3.63, 3.8) is 0 Å². The van der Waals surface area contributed by atoms with Crippen LogP contribution in [0.4, 0.5) is 0 Å². The van der Waals surface area contributed by atoms with E-state index in [1.165, 1.54) is 11.3 Å². The summed E-state index contributed by atoms with van der Waals surface area (Å²) >= 11 is 1.46. The summed E-state index contributed by atoms with van der Waals surface area (Å²) in [6.07, 6.45) is 1.79. The van der Waals surface area contributed by atoms with Crippen molar-refractivity contribution in [3.8, 4) is 22.9 Å². The van der Waals surface area contributed by atoms with E-state index in [9.17, 15) is 4.79 Å². The van der Waals surface area contributed by atoms with E-state index in [4.69, 9.17) is 14.0 Å². The molecule has 0 radical (unpaired) electrons. The van der Waals surface area contributed by atoms with Crippen LogP contribution in [-0.2, 0) is 6.54 Å². The van der Waals surface area contributed by atoms with Gasteiger partial charge in [0.15, 0.2) is 11.5 Å². The first kappa shape index (κ1) is 20.4. The molecular weight excluding hydrogens is 404 g/mol. The van der Waals surface area contributed by atoms with Crippen LogP contribution in [0.15, 0.2) is 40.2 Å². The Morgan fingerprint density at radius 3 is 2.73 bits per heavy atom. The van der Waals surface area contributed by atoms with Gasteiger partial charge < -0.3 is 19.3 Å². The Balaban J connectivity index is 1.31. The normalized spacial score (nSPS) is 15.1. The summed E-state index contributed by atoms with van der Waals surface area (Å²) in [6.45, 7) is 2.32. The molecule has 4 rings (SSSR count). The van der Waals surface area contributed by atoms with Crippen molar-refractivity contribution in [2.45, 2.75) is 25.4 Å². The highest BCUT2D eigenvalue weighted by Gasteiger charge is 2.23. The first-order chi connectivity index (χ1) is 14.7. The molecule has 30 heavy (non-hydrogen) atoms. The third kappa shape index (κ3) is 4.63. The highest BCUT2D eigenvalue weighted by molar-refractivity contribution is 7.12. The fourth-order valence-electron chi connectivity index (χ4n) is 3.50. The van der Waals surface area contributed by atoms with Crippen LogP contribution in [0.25, 0.3) is 11.4 Å². The van der Waals surface area contributed by atoms with Gasteiger partial charge in [0, 0.05) is 24.7 Å². The number of hydrogen-bond acceptors (Lipinski definition) is 8. The number of aromatic nitrogens is 2. The van der Waals surface area contributed by atoms with Gasteiger partial charge in [0.2, 0.25) is 11.7 Å². The van der Waals surface area contributed by atoms with Crippen LogP contribution in [0.5, 0.6) is 11.5 Å². The topological polar surface area (TPSA) is 89.7 Å². The Hall–Kier alpha value is -2.91. The van der Waals surface area contributed by atoms with Crippen molar-refractivity contribution in [1.82, 2.24) is 20.4 Å². The number of likely N-dealkylation sites (tertiary alicyclic amines) is 1. The summed E-state index contributed by atoms with van der Waals surface area (Å²) in [5.41, 5.74) is 0.803. The minimum Gasteiger partial charge on any atom is -0.493 e. The van der Waals surface area contributed by atoms with Gasteiger partial charge in [-0.25, -0.2) is 0 Å². The predicted molar refractivity (Wildman–Crippen MR) is 113 cm³/mol. The largest absolute Gasteiger partial charge is 0.493 e. The van der Waals surface area contributed by atoms with Gasteiger partial charge in [-0.15, -0.1) is 11.3 Å². The molecule has 0 bridgehead atoms. The lowest BCUT2D eigenvalue weighted by atomic mass is 10.0. The number of methoxy groups -OCH3 is 2. The zero-order valence-corrected chi connectivity index (χ0v) is 17.8. The first-order valence-corrected chi connectivity index (χ1v) is 10.7. The van der Waals surface area contributed by atoms with Crippen LogP contribution in [0.3, 0.4) is 0 Å². The summed E-state index contributed by atoms with van der Waals surface area (Å²) in [5, 5.41) is 9.14. The van der Waals surface area contributed by atoms with Crippen LogP contribution in [-0.4, -0.2) is 54.3 Å². The average Bonchev–Trinajstić information content (AvgIpc) is 3.47. The molecule has 0 atom stereocenters. The summed E-state index contributed by atoms with van der Waals surface area (Å²) in [6, 6.07) is 9.46. The number of nitrogens with one attached hydrogen (secondary N) is 1. The molecule has 1 amide bonds. The van der Waals surface area contributed by atoms with Gasteiger partial charge in [0.1, 0.15) is 0 Å². The second-order valence-electron chi connectivity index (χ2n) is 7.08. The summed E-state index contributed by atoms with van der Waals surface area (Å²) < 4.78 is 16.1. The lowest BCUT2D eigenvalue weighted by Crippen LogP contribution is -2.44. The molecule has 1 saturated heterocycles. The molecule has 0 spiro atoms. The molecule has 2 aromatic heterocycles. The smallest absolute Gasteiger partial charge is 0.261 e. The van der Waals surface area contributed by atoms with Crippen LogP contribution in [0.1, 0.15) is 28.4 Å². The molecule has 3 aromatic rings. The number of thiophene rings is 1. The Kier molecular flexibility index (Phi) is 6.29. The van der Waals surface area contributed by atoms with E-state index >= 15 is 0 Å². The van der Waals surface area contributed by atoms with Gasteiger partial charge in [0.05, 0.1) is 25.6 Å². The SMILES string of the molecule is COc1ccc(-c2noc(CN3CCC(NC(=O)c4cccs4)CC3)n2)cc1OC. The van der Waals surface area contributed by atoms with Gasteiger partial charge in [-0.2, -0.15) is 4.98 Å². The molecule has 1 aromatic carbocycles. The number of benzene rings is 1. The second kappa shape index (κ2) is 9.27. The van der Waals surface area contributed by atoms with Gasteiger partial charge >= 0.3 is 0 Å². The molecule has 3 heterocycles. The van der Waals surface area contributed by atoms with Crippen molar-refractivity contribution in [2.24, 2.45) is 0 Å². The number of piperidine rings is 1. The van der Waals surface area contributed by atoms with Gasteiger partial charge in [0.25, 0.3) is 5.91 Å². The van der Waals surface area contributed by atoms with E-state index < -0.39 is 0 Å². The lowest BCUT2D eigenvalue weighted by Gasteiger charge is -2.31. The molecule has 0 aliphatic carbocycles. The molecule has 1 N–H and O–H groups in total. The highest BCUT2D eigenvalue weighted by atomic mass is 32.1. The maximum absolute atomic E-state index is 12.2. The van der Waals surface area contributed by atoms with Gasteiger partial charge in [-0.3, -0.25) is 9.69 Å². The summed E-state index contributed by atoms with van der Waals surface area (Å²) in [5.74, 6) is 2.37. The minimum absolute atomic E-state index is 0.0138. The zero-order chi connectivity index (χ0) is 20.9. The van der Waals surface area contributed by atoms with E-state index in [2.05, 4.69) is 20.4 Å². The second-order valence-corrected chi connectivity index (χ2v) is 8.03. The summed E-state index contributed by atoms with van der Waals surface area (Å²) in [4.78, 5) is 19.7. The van der Waals surface area contributed by atoms with E-state index in [1.54, 1.807) is 14.2 Å². The number of nitrogens with zero attached hydrogens (tertiary/aromatic N) is 3. The van der Waals surface area contributed by atoms with Crippen LogP contribution >= 0.6 is 11.3 Å². The maximum Gasteiger partial charge on any atom is 0.261 e. The van der Waals surface area contributed by atoms with Crippen LogP contribution < -0.4 is 14.8 Å². The van der Waals surface area contributed by atoms with Gasteiger partial charge in [-0.1, -0.05) is 11.2 Å². The Morgan fingerprint density at radius 2 is 2.03 bits per heavy atom. The van der Waals surface area contributed by atoms with E-state index in [0.29, 0.717) is 29.8 Å². The van der Waals surface area contributed by atoms with Crippen molar-refractivity contribution in [2.75, 3.05) is 27.3 Å². The molecule has 1 aliphatic rings. The predicted octanol–water partition coefficient (Wildman–Crippen LogP) is 3.21. The fraction of sp³-hybridized carbons (Fsp3) is 0.381. The molecule has 1 fully saturated rings. The third-order valence-corrected chi connectivity index (χ3v) is 6.01. The van der Waals surface area contributed by atoms with E-state index in [0.717, 1.165) is 36.4 Å². The fourth-order valence-corrected chi connectivity index (χ4v) is 4.13. The monoisotopic (exact) mass is 428 g/mol. The number of ether oxygens (including phenoxy) is 2. The summed E-state index contributed by atoms with van der Waals surface area (Å²) in [7, 11) is 3.19. The number of hydrogen-bond donors (Lipinski definition) is 1. The maximum atomic E-state index is 12.2. The van der Waals surface area contributed by atoms with Crippen LogP contribution in [0.2, 0.25) is 0 Å². The molecule has 1 aliphatic heterocycles. The molecule has 0 saturated carbocycles. The van der Waals surface area contributed by atoms with Crippen LogP contribution in [0, 0.1) is 0 Å². The lowest BCUT2D eigenvalue weighted by molar-refractivity contribution is 0.0908. The highest BCUT2D eigenvalue weighted by Crippen LogP contribution is 2.31. The molecule has 158 valence electrons. The number of carbonyl (C=O) groups is 1. The van der Waals surface area contributed by atoms with Crippen molar-refractivity contribution < 1.29 is 18.8 Å². The Morgan fingerprint density at radius 1 is 1.23 bits per heavy atom. The number of amides is 1. The molecular formula is C21H24N4O4S. The van der Waals surface area contributed by atoms with E-state index in [1.807, 2.05) is 35.7 Å². The third-order valence-electron chi connectivity index (χ3n) is 5.14. The standard InChI is InChI=1S/C21H24N4O4S/c1-27-16-6-5-14(12-17(16)28-2)20-23-19(29-24-20)13-25-9-7-15(8-10-25)22-21(26)18-4-3-11-30-18/h3-6,11-12,15H,7-10,13H2,1-2H3,(H,22,26). The van der Waals surface area contributed by atoms with Gasteiger partial charge in [-0.05, 0) is 42.5 Å². The van der Waals surface area contributed by atoms with Crippen molar-refractivity contribution in [3.05, 3.63) is 46.5 Å². The zero-order valence-electron chi connectivity index (χ0n) is 17.0. The molecule has 9 heteroatoms. The Bertz CT molecular complexity index is 981. The molecule has 8 nitrogen and oxygen atoms in total. The minimum atomic E-state index is 0.0138. The van der Waals surface area contributed by atoms with Crippen molar-refractivity contribution >= 4 is 17.2 Å². The average molecular weight is 429 g/mol. The van der Waals surface area contributed by atoms with Crippen molar-refractivity contribution in [1.29, 1.82) is 0 Å². The number of carbonyl (C=O) groups excluding carboxylic acids is 1. The Labute approximate surface area is 178 Å². The first-order valence-electron chi connectivity index (χ1n) is 9.78.